The van der Waals surface area contributed by atoms with Gasteiger partial charge < -0.3 is 10.5 Å². The molecular weight excluding hydrogens is 252 g/mol. The number of hydrogen-bond donors (Lipinski definition) is 1. The topological polar surface area (TPSA) is 64.3 Å². The summed E-state index contributed by atoms with van der Waals surface area (Å²) in [6, 6.07) is 0. The van der Waals surface area contributed by atoms with Crippen LogP contribution in [0.15, 0.2) is 0 Å². The number of ether oxygens (including phenoxy) is 1. The predicted octanol–water partition coefficient (Wildman–Crippen LogP) is 2.11. The van der Waals surface area contributed by atoms with E-state index in [9.17, 15) is 0 Å². The Morgan fingerprint density at radius 2 is 1.95 bits per heavy atom. The Morgan fingerprint density at radius 3 is 2.65 bits per heavy atom. The Morgan fingerprint density at radius 1 is 1.20 bits per heavy atom. The van der Waals surface area contributed by atoms with Crippen LogP contribution in [-0.2, 0) is 0 Å². The van der Waals surface area contributed by atoms with E-state index in [2.05, 4.69) is 14.9 Å². The van der Waals surface area contributed by atoms with Crippen molar-refractivity contribution in [2.75, 3.05) is 32.0 Å². The molecule has 0 bridgehead atoms. The number of hydrogen-bond acceptors (Lipinski definition) is 5. The van der Waals surface area contributed by atoms with Gasteiger partial charge in [-0.15, -0.1) is 0 Å². The van der Waals surface area contributed by atoms with Gasteiger partial charge in [0.2, 0.25) is 5.88 Å². The van der Waals surface area contributed by atoms with Gasteiger partial charge in [0.25, 0.3) is 0 Å². The van der Waals surface area contributed by atoms with Gasteiger partial charge in [-0.2, -0.15) is 4.98 Å². The molecule has 3 rings (SSSR count). The van der Waals surface area contributed by atoms with Gasteiger partial charge in [-0.05, 0) is 45.7 Å². The fourth-order valence-corrected chi connectivity index (χ4v) is 2.65. The minimum Gasteiger partial charge on any atom is -0.476 e. The molecule has 20 heavy (non-hydrogen) atoms. The van der Waals surface area contributed by atoms with E-state index >= 15 is 0 Å². The second kappa shape index (κ2) is 5.95. The number of nitrogens with zero attached hydrogens (tertiary/aromatic N) is 3. The number of aromatic nitrogens is 2. The van der Waals surface area contributed by atoms with Crippen LogP contribution in [0.5, 0.6) is 5.88 Å². The zero-order chi connectivity index (χ0) is 13.9. The molecule has 0 radical (unpaired) electrons. The Bertz CT molecular complexity index is 467. The van der Waals surface area contributed by atoms with E-state index in [-0.39, 0.29) is 0 Å². The molecule has 1 saturated carbocycles. The normalized spacial score (nSPS) is 20.1. The molecule has 2 aliphatic rings. The first-order valence-corrected chi connectivity index (χ1v) is 7.73. The van der Waals surface area contributed by atoms with E-state index in [1.807, 2.05) is 6.92 Å². The summed E-state index contributed by atoms with van der Waals surface area (Å²) in [5.74, 6) is 2.61. The van der Waals surface area contributed by atoms with Gasteiger partial charge in [-0.25, -0.2) is 4.98 Å². The molecule has 1 saturated heterocycles. The molecule has 0 atom stereocenters. The number of piperidine rings is 1. The maximum atomic E-state index is 5.96. The maximum Gasteiger partial charge on any atom is 0.221 e. The zero-order valence-corrected chi connectivity index (χ0v) is 12.3. The van der Waals surface area contributed by atoms with Gasteiger partial charge in [0.1, 0.15) is 18.2 Å². The lowest BCUT2D eigenvalue weighted by Crippen LogP contribution is -2.33. The minimum absolute atomic E-state index is 0.502. The van der Waals surface area contributed by atoms with Crippen LogP contribution >= 0.6 is 0 Å². The average molecular weight is 276 g/mol. The monoisotopic (exact) mass is 276 g/mol. The first-order chi connectivity index (χ1) is 9.74. The van der Waals surface area contributed by atoms with Crippen molar-refractivity contribution in [1.82, 2.24) is 14.9 Å². The molecule has 0 unspecified atom stereocenters. The van der Waals surface area contributed by atoms with Crippen LogP contribution in [0.25, 0.3) is 0 Å². The summed E-state index contributed by atoms with van der Waals surface area (Å²) in [5.41, 5.74) is 6.83. The van der Waals surface area contributed by atoms with E-state index in [4.69, 9.17) is 10.5 Å². The van der Waals surface area contributed by atoms with Crippen molar-refractivity contribution in [3.8, 4) is 5.88 Å². The van der Waals surface area contributed by atoms with Crippen LogP contribution in [0.1, 0.15) is 49.4 Å². The van der Waals surface area contributed by atoms with Gasteiger partial charge in [-0.1, -0.05) is 6.42 Å². The molecule has 1 aromatic rings. The average Bonchev–Trinajstić information content (AvgIpc) is 3.29. The highest BCUT2D eigenvalue weighted by molar-refractivity contribution is 5.45. The van der Waals surface area contributed by atoms with Crippen LogP contribution in [0, 0.1) is 6.92 Å². The second-order valence-electron chi connectivity index (χ2n) is 5.92. The predicted molar refractivity (Wildman–Crippen MR) is 78.9 cm³/mol. The zero-order valence-electron chi connectivity index (χ0n) is 12.3. The Labute approximate surface area is 120 Å². The molecule has 110 valence electrons. The SMILES string of the molecule is Cc1c(N)nc(C2CC2)nc1OCCN1CCCCC1. The highest BCUT2D eigenvalue weighted by Crippen LogP contribution is 2.39. The van der Waals surface area contributed by atoms with Crippen molar-refractivity contribution < 1.29 is 4.74 Å². The highest BCUT2D eigenvalue weighted by Gasteiger charge is 2.28. The van der Waals surface area contributed by atoms with E-state index < -0.39 is 0 Å². The largest absolute Gasteiger partial charge is 0.476 e. The summed E-state index contributed by atoms with van der Waals surface area (Å²) in [6.45, 7) is 5.98. The summed E-state index contributed by atoms with van der Waals surface area (Å²) in [5, 5.41) is 0. The molecule has 5 heteroatoms. The second-order valence-corrected chi connectivity index (χ2v) is 5.92. The van der Waals surface area contributed by atoms with Crippen molar-refractivity contribution >= 4 is 5.82 Å². The molecular formula is C15H24N4O. The molecule has 2 fully saturated rings. The standard InChI is InChI=1S/C15H24N4O/c1-11-13(16)17-14(12-5-6-12)18-15(11)20-10-9-19-7-3-2-4-8-19/h12H,2-10H2,1H3,(H2,16,17,18). The number of nitrogen functional groups attached to an aromatic ring is 1. The van der Waals surface area contributed by atoms with Gasteiger partial charge in [0.05, 0.1) is 5.56 Å². The van der Waals surface area contributed by atoms with Gasteiger partial charge in [-0.3, -0.25) is 4.90 Å². The lowest BCUT2D eigenvalue weighted by Gasteiger charge is -2.26. The van der Waals surface area contributed by atoms with Crippen LogP contribution in [0.3, 0.4) is 0 Å². The summed E-state index contributed by atoms with van der Waals surface area (Å²) < 4.78 is 5.87. The molecule has 0 spiro atoms. The number of nitrogens with two attached hydrogens (primary N) is 1. The molecule has 5 nitrogen and oxygen atoms in total. The molecule has 1 aromatic heterocycles. The Kier molecular flexibility index (Phi) is 4.05. The van der Waals surface area contributed by atoms with Crippen LogP contribution in [-0.4, -0.2) is 41.1 Å². The van der Waals surface area contributed by atoms with Crippen LogP contribution < -0.4 is 10.5 Å². The van der Waals surface area contributed by atoms with Gasteiger partial charge in [0.15, 0.2) is 0 Å². The van der Waals surface area contributed by atoms with Gasteiger partial charge in [0, 0.05) is 12.5 Å². The molecule has 0 amide bonds. The first-order valence-electron chi connectivity index (χ1n) is 7.73. The quantitative estimate of drug-likeness (QED) is 0.892. The summed E-state index contributed by atoms with van der Waals surface area (Å²) in [6.07, 6.45) is 6.34. The van der Waals surface area contributed by atoms with E-state index in [0.29, 0.717) is 24.2 Å². The van der Waals surface area contributed by atoms with E-state index in [1.165, 1.54) is 45.2 Å². The fraction of sp³-hybridized carbons (Fsp3) is 0.733. The van der Waals surface area contributed by atoms with E-state index in [0.717, 1.165) is 17.9 Å². The Balaban J connectivity index is 1.58. The summed E-state index contributed by atoms with van der Waals surface area (Å²) in [4.78, 5) is 11.4. The van der Waals surface area contributed by atoms with Crippen LogP contribution in [0.4, 0.5) is 5.82 Å². The van der Waals surface area contributed by atoms with Crippen molar-refractivity contribution in [3.63, 3.8) is 0 Å². The van der Waals surface area contributed by atoms with Crippen molar-refractivity contribution in [3.05, 3.63) is 11.4 Å². The number of likely N-dealkylation sites (tertiary alicyclic amines) is 1. The first kappa shape index (κ1) is 13.6. The van der Waals surface area contributed by atoms with Crippen molar-refractivity contribution in [2.45, 2.75) is 44.9 Å². The maximum absolute atomic E-state index is 5.96. The highest BCUT2D eigenvalue weighted by atomic mass is 16.5. The summed E-state index contributed by atoms with van der Waals surface area (Å²) in [7, 11) is 0. The van der Waals surface area contributed by atoms with Gasteiger partial charge >= 0.3 is 0 Å². The lowest BCUT2D eigenvalue weighted by atomic mass is 10.1. The third kappa shape index (κ3) is 3.20. The van der Waals surface area contributed by atoms with Crippen molar-refractivity contribution in [2.24, 2.45) is 0 Å². The van der Waals surface area contributed by atoms with Crippen molar-refractivity contribution in [1.29, 1.82) is 0 Å². The fourth-order valence-electron chi connectivity index (χ4n) is 2.65. The third-order valence-corrected chi connectivity index (χ3v) is 4.19. The third-order valence-electron chi connectivity index (χ3n) is 4.19. The molecule has 2 N–H and O–H groups in total. The lowest BCUT2D eigenvalue weighted by molar-refractivity contribution is 0.180. The number of anilines is 1. The minimum atomic E-state index is 0.502. The van der Waals surface area contributed by atoms with E-state index in [1.54, 1.807) is 0 Å². The molecule has 1 aliphatic carbocycles. The van der Waals surface area contributed by atoms with Crippen LogP contribution in [0.2, 0.25) is 0 Å². The molecule has 2 heterocycles. The number of rotatable bonds is 5. The summed E-state index contributed by atoms with van der Waals surface area (Å²) >= 11 is 0. The molecule has 1 aliphatic heterocycles. The Hall–Kier alpha value is -1.36. The smallest absolute Gasteiger partial charge is 0.221 e. The molecule has 0 aromatic carbocycles.